The van der Waals surface area contributed by atoms with Crippen LogP contribution in [0.25, 0.3) is 5.70 Å². The first kappa shape index (κ1) is 21.0. The molecule has 0 spiro atoms. The number of methoxy groups -OCH3 is 1. The van der Waals surface area contributed by atoms with Gasteiger partial charge in [0.25, 0.3) is 0 Å². The minimum Gasteiger partial charge on any atom is -0.494 e. The van der Waals surface area contributed by atoms with Gasteiger partial charge in [0, 0.05) is 0 Å². The molecule has 29 heavy (non-hydrogen) atoms. The van der Waals surface area contributed by atoms with Crippen LogP contribution in [0.1, 0.15) is 31.0 Å². The number of urea groups is 1. The summed E-state index contributed by atoms with van der Waals surface area (Å²) in [5.74, 6) is -0.240. The second-order valence-corrected chi connectivity index (χ2v) is 7.47. The lowest BCUT2D eigenvalue weighted by atomic mass is 9.92. The van der Waals surface area contributed by atoms with E-state index in [2.05, 4.69) is 10.6 Å². The van der Waals surface area contributed by atoms with Crippen LogP contribution in [0.5, 0.6) is 5.75 Å². The normalized spacial score (nSPS) is 16.3. The summed E-state index contributed by atoms with van der Waals surface area (Å²) in [6.07, 6.45) is -0.339. The van der Waals surface area contributed by atoms with Gasteiger partial charge in [-0.1, -0.05) is 53.5 Å². The number of hydrogen-bond donors (Lipinski definition) is 2. The highest BCUT2D eigenvalue weighted by atomic mass is 35.5. The van der Waals surface area contributed by atoms with E-state index in [-0.39, 0.29) is 21.7 Å². The van der Waals surface area contributed by atoms with Gasteiger partial charge >= 0.3 is 12.0 Å². The summed E-state index contributed by atoms with van der Waals surface area (Å²) in [4.78, 5) is 25.4. The third-order valence-corrected chi connectivity index (χ3v) is 4.82. The van der Waals surface area contributed by atoms with Crippen molar-refractivity contribution in [1.82, 2.24) is 10.6 Å². The molecule has 1 unspecified atom stereocenters. The predicted octanol–water partition coefficient (Wildman–Crippen LogP) is 4.72. The van der Waals surface area contributed by atoms with E-state index in [0.717, 1.165) is 0 Å². The van der Waals surface area contributed by atoms with Crippen molar-refractivity contribution in [2.24, 2.45) is 0 Å². The quantitative estimate of drug-likeness (QED) is 0.667. The summed E-state index contributed by atoms with van der Waals surface area (Å²) in [6.45, 7) is 3.51. The molecule has 0 saturated carbocycles. The van der Waals surface area contributed by atoms with E-state index in [1.807, 2.05) is 18.2 Å². The number of hydrogen-bond acceptors (Lipinski definition) is 4. The fourth-order valence-electron chi connectivity index (χ4n) is 3.09. The highest BCUT2D eigenvalue weighted by Gasteiger charge is 2.35. The van der Waals surface area contributed by atoms with Gasteiger partial charge in [-0.05, 0) is 37.1 Å². The Bertz CT molecular complexity index is 951. The van der Waals surface area contributed by atoms with Crippen LogP contribution >= 0.6 is 23.2 Å². The van der Waals surface area contributed by atoms with Gasteiger partial charge in [-0.15, -0.1) is 0 Å². The van der Waals surface area contributed by atoms with E-state index in [4.69, 9.17) is 32.7 Å². The number of nitrogens with one attached hydrogen (secondary N) is 2. The molecule has 3 rings (SSSR count). The number of halogens is 2. The maximum Gasteiger partial charge on any atom is 0.338 e. The molecule has 2 amide bonds. The number of benzene rings is 2. The summed E-state index contributed by atoms with van der Waals surface area (Å²) in [5, 5.41) is 6.02. The SMILES string of the molecule is COc1c(Cl)cc(C2NC(=O)NC(c3ccccc3)=C2C(=O)OC(C)C)cc1Cl. The molecule has 2 aromatic carbocycles. The minimum atomic E-state index is -0.814. The summed E-state index contributed by atoms with van der Waals surface area (Å²) >= 11 is 12.6. The Kier molecular flexibility index (Phi) is 6.35. The lowest BCUT2D eigenvalue weighted by Gasteiger charge is -2.30. The molecular weight excluding hydrogens is 415 g/mol. The number of rotatable bonds is 5. The van der Waals surface area contributed by atoms with Gasteiger partial charge in [0.05, 0.1) is 40.6 Å². The van der Waals surface area contributed by atoms with Crippen LogP contribution < -0.4 is 15.4 Å². The molecule has 1 aliphatic heterocycles. The van der Waals surface area contributed by atoms with Crippen molar-refractivity contribution >= 4 is 40.9 Å². The molecular formula is C21H20Cl2N2O4. The topological polar surface area (TPSA) is 76.7 Å². The molecule has 8 heteroatoms. The third-order valence-electron chi connectivity index (χ3n) is 4.26. The van der Waals surface area contributed by atoms with E-state index in [0.29, 0.717) is 22.6 Å². The first-order chi connectivity index (χ1) is 13.8. The molecule has 0 fully saturated rings. The second-order valence-electron chi connectivity index (χ2n) is 6.66. The van der Waals surface area contributed by atoms with Crippen molar-refractivity contribution < 1.29 is 19.1 Å². The second kappa shape index (κ2) is 8.76. The first-order valence-corrected chi connectivity index (χ1v) is 9.68. The predicted molar refractivity (Wildman–Crippen MR) is 112 cm³/mol. The summed E-state index contributed by atoms with van der Waals surface area (Å²) in [5.41, 5.74) is 1.82. The molecule has 1 heterocycles. The van der Waals surface area contributed by atoms with Gasteiger partial charge in [-0.25, -0.2) is 9.59 Å². The maximum atomic E-state index is 13.0. The molecule has 0 bridgehead atoms. The van der Waals surface area contributed by atoms with E-state index >= 15 is 0 Å². The fraction of sp³-hybridized carbons (Fsp3) is 0.238. The molecule has 0 radical (unpaired) electrons. The van der Waals surface area contributed by atoms with Crippen LogP contribution in [0.3, 0.4) is 0 Å². The van der Waals surface area contributed by atoms with E-state index < -0.39 is 18.0 Å². The molecule has 0 aliphatic carbocycles. The molecule has 152 valence electrons. The van der Waals surface area contributed by atoms with Crippen LogP contribution in [0, 0.1) is 0 Å². The van der Waals surface area contributed by atoms with E-state index in [1.165, 1.54) is 7.11 Å². The Morgan fingerprint density at radius 2 is 1.72 bits per heavy atom. The number of ether oxygens (including phenoxy) is 2. The monoisotopic (exact) mass is 434 g/mol. The van der Waals surface area contributed by atoms with Gasteiger partial charge in [0.2, 0.25) is 0 Å². The molecule has 0 saturated heterocycles. The summed E-state index contributed by atoms with van der Waals surface area (Å²) < 4.78 is 10.6. The minimum absolute atomic E-state index is 0.252. The lowest BCUT2D eigenvalue weighted by Crippen LogP contribution is -2.45. The smallest absolute Gasteiger partial charge is 0.338 e. The Morgan fingerprint density at radius 3 is 2.28 bits per heavy atom. The molecule has 6 nitrogen and oxygen atoms in total. The average molecular weight is 435 g/mol. The van der Waals surface area contributed by atoms with Crippen molar-refractivity contribution in [3.8, 4) is 5.75 Å². The van der Waals surface area contributed by atoms with Gasteiger partial charge < -0.3 is 20.1 Å². The van der Waals surface area contributed by atoms with Crippen molar-refractivity contribution in [3.05, 3.63) is 69.2 Å². The number of carbonyl (C=O) groups excluding carboxylic acids is 2. The highest BCUT2D eigenvalue weighted by molar-refractivity contribution is 6.37. The van der Waals surface area contributed by atoms with Crippen LogP contribution in [-0.4, -0.2) is 25.2 Å². The Labute approximate surface area is 178 Å². The van der Waals surface area contributed by atoms with Gasteiger partial charge in [0.15, 0.2) is 5.75 Å². The molecule has 0 aromatic heterocycles. The van der Waals surface area contributed by atoms with Crippen LogP contribution in [0.4, 0.5) is 4.79 Å². The average Bonchev–Trinajstić information content (AvgIpc) is 2.67. The van der Waals surface area contributed by atoms with Crippen LogP contribution in [0.2, 0.25) is 10.0 Å². The fourth-order valence-corrected chi connectivity index (χ4v) is 3.74. The standard InChI is InChI=1S/C21H20Cl2N2O4/c1-11(2)29-20(26)16-17(12-7-5-4-6-8-12)24-21(27)25-18(16)13-9-14(22)19(28-3)15(23)10-13/h4-11,18H,1-3H3,(H2,24,25,27). The van der Waals surface area contributed by atoms with Crippen molar-refractivity contribution in [1.29, 1.82) is 0 Å². The van der Waals surface area contributed by atoms with Gasteiger partial charge in [-0.3, -0.25) is 0 Å². The zero-order valence-electron chi connectivity index (χ0n) is 16.1. The number of amides is 2. The Hall–Kier alpha value is -2.70. The van der Waals surface area contributed by atoms with Crippen molar-refractivity contribution in [2.75, 3.05) is 7.11 Å². The molecule has 2 aromatic rings. The molecule has 2 N–H and O–H groups in total. The summed E-state index contributed by atoms with van der Waals surface area (Å²) in [6, 6.07) is 11.0. The van der Waals surface area contributed by atoms with Crippen LogP contribution in [0.15, 0.2) is 48.0 Å². The van der Waals surface area contributed by atoms with Gasteiger partial charge in [-0.2, -0.15) is 0 Å². The Balaban J connectivity index is 2.20. The zero-order chi connectivity index (χ0) is 21.1. The van der Waals surface area contributed by atoms with E-state index in [1.54, 1.807) is 38.1 Å². The largest absolute Gasteiger partial charge is 0.494 e. The van der Waals surface area contributed by atoms with Crippen molar-refractivity contribution in [3.63, 3.8) is 0 Å². The summed E-state index contributed by atoms with van der Waals surface area (Å²) in [7, 11) is 1.46. The third kappa shape index (κ3) is 4.49. The molecule has 1 aliphatic rings. The highest BCUT2D eigenvalue weighted by Crippen LogP contribution is 2.39. The van der Waals surface area contributed by atoms with Gasteiger partial charge in [0.1, 0.15) is 0 Å². The zero-order valence-corrected chi connectivity index (χ0v) is 17.6. The maximum absolute atomic E-state index is 13.0. The lowest BCUT2D eigenvalue weighted by molar-refractivity contribution is -0.143. The van der Waals surface area contributed by atoms with E-state index in [9.17, 15) is 9.59 Å². The number of carbonyl (C=O) groups is 2. The van der Waals surface area contributed by atoms with Crippen LogP contribution in [-0.2, 0) is 9.53 Å². The Morgan fingerprint density at radius 1 is 1.10 bits per heavy atom. The molecule has 1 atom stereocenters. The van der Waals surface area contributed by atoms with Crippen molar-refractivity contribution in [2.45, 2.75) is 26.0 Å². The first-order valence-electron chi connectivity index (χ1n) is 8.92. The number of esters is 1.